The summed E-state index contributed by atoms with van der Waals surface area (Å²) in [6.07, 6.45) is 0.0537. The van der Waals surface area contributed by atoms with E-state index in [0.29, 0.717) is 0 Å². The number of rotatable bonds is 7. The van der Waals surface area contributed by atoms with E-state index in [2.05, 4.69) is 5.32 Å². The van der Waals surface area contributed by atoms with Crippen molar-refractivity contribution in [2.45, 2.75) is 62.7 Å². The number of hydrogen-bond donors (Lipinski definition) is 6. The molecule has 1 aliphatic carbocycles. The van der Waals surface area contributed by atoms with E-state index >= 15 is 0 Å². The number of amides is 2. The number of carbonyl (C=O) groups is 2. The highest BCUT2D eigenvalue weighted by atomic mass is 16.6. The van der Waals surface area contributed by atoms with E-state index < -0.39 is 72.2 Å². The fraction of sp³-hybridized carbons (Fsp3) is 0.500. The number of phenolic OH excluding ortho intramolecular Hbond substituents is 2. The molecule has 1 aliphatic heterocycles. The van der Waals surface area contributed by atoms with Gasteiger partial charge in [-0.05, 0) is 25.0 Å². The van der Waals surface area contributed by atoms with Crippen LogP contribution in [-0.2, 0) is 9.53 Å². The Hall–Kier alpha value is -3.68. The summed E-state index contributed by atoms with van der Waals surface area (Å²) in [4.78, 5) is 52.8. The van der Waals surface area contributed by atoms with Crippen LogP contribution in [0.25, 0.3) is 0 Å². The molecule has 13 heteroatoms. The quantitative estimate of drug-likeness (QED) is 0.253. The van der Waals surface area contributed by atoms with E-state index in [4.69, 9.17) is 4.74 Å². The molecule has 2 amide bonds. The van der Waals surface area contributed by atoms with Gasteiger partial charge in [-0.1, -0.05) is 25.3 Å². The van der Waals surface area contributed by atoms with E-state index in [1.54, 1.807) is 0 Å². The Labute approximate surface area is 210 Å². The van der Waals surface area contributed by atoms with Crippen molar-refractivity contribution >= 4 is 11.8 Å². The third kappa shape index (κ3) is 5.84. The maximum Gasteiger partial charge on any atom is 0.330 e. The summed E-state index contributed by atoms with van der Waals surface area (Å²) < 4.78 is 6.60. The molecule has 0 radical (unpaired) electrons. The van der Waals surface area contributed by atoms with Crippen LogP contribution in [-0.4, -0.2) is 84.1 Å². The second-order valence-corrected chi connectivity index (χ2v) is 9.33. The number of aliphatic hydroxyl groups is 2. The van der Waals surface area contributed by atoms with Gasteiger partial charge in [0.1, 0.15) is 18.3 Å². The molecule has 2 fully saturated rings. The number of aromatic amines is 1. The van der Waals surface area contributed by atoms with Gasteiger partial charge in [-0.15, -0.1) is 0 Å². The van der Waals surface area contributed by atoms with Crippen LogP contribution in [0.2, 0.25) is 0 Å². The molecule has 0 unspecified atom stereocenters. The van der Waals surface area contributed by atoms with Crippen molar-refractivity contribution in [3.05, 3.63) is 56.9 Å². The first kappa shape index (κ1) is 26.4. The second kappa shape index (κ2) is 11.2. The molecule has 1 saturated carbocycles. The molecule has 2 aromatic rings. The summed E-state index contributed by atoms with van der Waals surface area (Å²) in [7, 11) is 0. The smallest absolute Gasteiger partial charge is 0.330 e. The van der Waals surface area contributed by atoms with Gasteiger partial charge in [-0.2, -0.15) is 0 Å². The summed E-state index contributed by atoms with van der Waals surface area (Å²) >= 11 is 0. The van der Waals surface area contributed by atoms with E-state index in [9.17, 15) is 39.6 Å². The van der Waals surface area contributed by atoms with E-state index in [1.807, 2.05) is 4.98 Å². The van der Waals surface area contributed by atoms with Crippen molar-refractivity contribution in [2.75, 3.05) is 13.1 Å². The zero-order chi connectivity index (χ0) is 26.7. The molecule has 1 saturated heterocycles. The standard InChI is InChI=1S/C24H30N4O9/c29-15-8-4-7-14(19(15)32)22(35)27(12-18(31)25-13-5-2-1-3-6-13)11-16-20(33)21(34)23(37-16)28-10-9-17(30)26-24(28)36/h4,7-10,13,16,20-21,23,29,32-34H,1-3,5-6,11-12H2,(H,25,31)(H,26,30,36)/t16-,20-,21-,23-/m1/s1. The van der Waals surface area contributed by atoms with Gasteiger partial charge in [0, 0.05) is 18.3 Å². The van der Waals surface area contributed by atoms with Crippen LogP contribution in [0.5, 0.6) is 11.5 Å². The Bertz CT molecular complexity index is 1250. The number of nitrogens with one attached hydrogen (secondary N) is 2. The maximum absolute atomic E-state index is 13.3. The van der Waals surface area contributed by atoms with Crippen molar-refractivity contribution in [3.8, 4) is 11.5 Å². The normalized spacial score (nSPS) is 24.1. The number of hydrogen-bond acceptors (Lipinski definition) is 9. The fourth-order valence-electron chi connectivity index (χ4n) is 4.74. The predicted octanol–water partition coefficient (Wildman–Crippen LogP) is -0.842. The number of aromatic hydroxyl groups is 2. The minimum Gasteiger partial charge on any atom is -0.504 e. The minimum absolute atomic E-state index is 0.0287. The highest BCUT2D eigenvalue weighted by Gasteiger charge is 2.45. The van der Waals surface area contributed by atoms with Crippen molar-refractivity contribution in [1.29, 1.82) is 0 Å². The van der Waals surface area contributed by atoms with Crippen LogP contribution in [0.15, 0.2) is 40.1 Å². The minimum atomic E-state index is -1.59. The number of benzene rings is 1. The first-order chi connectivity index (χ1) is 17.7. The summed E-state index contributed by atoms with van der Waals surface area (Å²) in [6.45, 7) is -0.838. The highest BCUT2D eigenvalue weighted by molar-refractivity contribution is 5.99. The number of aromatic nitrogens is 2. The van der Waals surface area contributed by atoms with E-state index in [0.717, 1.165) is 53.8 Å². The monoisotopic (exact) mass is 518 g/mol. The number of ether oxygens (including phenoxy) is 1. The molecular weight excluding hydrogens is 488 g/mol. The van der Waals surface area contributed by atoms with Gasteiger partial charge < -0.3 is 35.4 Å². The molecule has 200 valence electrons. The lowest BCUT2D eigenvalue weighted by molar-refractivity contribution is -0.123. The van der Waals surface area contributed by atoms with E-state index in [1.165, 1.54) is 18.2 Å². The number of H-pyrrole nitrogens is 1. The topological polar surface area (TPSA) is 194 Å². The molecule has 0 bridgehead atoms. The molecule has 4 rings (SSSR count). The van der Waals surface area contributed by atoms with Crippen LogP contribution in [0.3, 0.4) is 0 Å². The maximum atomic E-state index is 13.3. The van der Waals surface area contributed by atoms with Gasteiger partial charge in [0.15, 0.2) is 17.7 Å². The molecule has 1 aromatic carbocycles. The molecule has 37 heavy (non-hydrogen) atoms. The SMILES string of the molecule is O=C(CN(C[C@H]1O[C@@H](n2ccc(=O)[nH]c2=O)[C@H](O)[C@@H]1O)C(=O)c1cccc(O)c1O)NC1CCCCC1. The molecule has 2 heterocycles. The molecular formula is C24H30N4O9. The van der Waals surface area contributed by atoms with Crippen LogP contribution in [0, 0.1) is 0 Å². The largest absolute Gasteiger partial charge is 0.504 e. The second-order valence-electron chi connectivity index (χ2n) is 9.33. The lowest BCUT2D eigenvalue weighted by Gasteiger charge is -2.28. The summed E-state index contributed by atoms with van der Waals surface area (Å²) in [5.41, 5.74) is -1.79. The van der Waals surface area contributed by atoms with Gasteiger partial charge >= 0.3 is 5.69 Å². The number of nitrogens with zero attached hydrogens (tertiary/aromatic N) is 2. The van der Waals surface area contributed by atoms with E-state index in [-0.39, 0.29) is 11.6 Å². The molecule has 1 aromatic heterocycles. The lowest BCUT2D eigenvalue weighted by atomic mass is 9.95. The van der Waals surface area contributed by atoms with Crippen molar-refractivity contribution in [2.24, 2.45) is 0 Å². The predicted molar refractivity (Wildman–Crippen MR) is 128 cm³/mol. The number of aliphatic hydroxyl groups excluding tert-OH is 2. The Morgan fingerprint density at radius 1 is 1.08 bits per heavy atom. The molecule has 4 atom stereocenters. The Morgan fingerprint density at radius 2 is 1.81 bits per heavy atom. The Kier molecular flexibility index (Phi) is 7.95. The van der Waals surface area contributed by atoms with Crippen LogP contribution in [0.4, 0.5) is 0 Å². The molecule has 2 aliphatic rings. The van der Waals surface area contributed by atoms with Gasteiger partial charge in [0.25, 0.3) is 11.5 Å². The van der Waals surface area contributed by atoms with Crippen LogP contribution < -0.4 is 16.6 Å². The summed E-state index contributed by atoms with van der Waals surface area (Å²) in [5, 5.41) is 44.1. The lowest BCUT2D eigenvalue weighted by Crippen LogP contribution is -2.48. The van der Waals surface area contributed by atoms with Crippen molar-refractivity contribution in [1.82, 2.24) is 19.8 Å². The zero-order valence-corrected chi connectivity index (χ0v) is 19.9. The first-order valence-electron chi connectivity index (χ1n) is 12.1. The number of phenols is 2. The zero-order valence-electron chi connectivity index (χ0n) is 19.9. The van der Waals surface area contributed by atoms with Crippen molar-refractivity contribution in [3.63, 3.8) is 0 Å². The summed E-state index contributed by atoms with van der Waals surface area (Å²) in [5.74, 6) is -2.47. The van der Waals surface area contributed by atoms with Gasteiger partial charge in [0.2, 0.25) is 5.91 Å². The summed E-state index contributed by atoms with van der Waals surface area (Å²) in [6, 6.07) is 4.84. The third-order valence-corrected chi connectivity index (χ3v) is 6.70. The van der Waals surface area contributed by atoms with Gasteiger partial charge in [-0.25, -0.2) is 4.79 Å². The average Bonchev–Trinajstić information content (AvgIpc) is 3.14. The Balaban J connectivity index is 1.56. The number of para-hydroxylation sites is 1. The highest BCUT2D eigenvalue weighted by Crippen LogP contribution is 2.31. The van der Waals surface area contributed by atoms with Crippen LogP contribution in [0.1, 0.15) is 48.7 Å². The molecule has 13 nitrogen and oxygen atoms in total. The molecule has 6 N–H and O–H groups in total. The van der Waals surface area contributed by atoms with Gasteiger partial charge in [0.05, 0.1) is 18.7 Å². The third-order valence-electron chi connectivity index (χ3n) is 6.70. The van der Waals surface area contributed by atoms with Gasteiger partial charge in [-0.3, -0.25) is 23.9 Å². The van der Waals surface area contributed by atoms with Crippen molar-refractivity contribution < 1.29 is 34.8 Å². The number of carbonyl (C=O) groups excluding carboxylic acids is 2. The molecule has 0 spiro atoms. The average molecular weight is 519 g/mol. The Morgan fingerprint density at radius 3 is 2.51 bits per heavy atom. The fourth-order valence-corrected chi connectivity index (χ4v) is 4.74. The van der Waals surface area contributed by atoms with Crippen LogP contribution >= 0.6 is 0 Å². The first-order valence-corrected chi connectivity index (χ1v) is 12.1.